The van der Waals surface area contributed by atoms with Gasteiger partial charge in [-0.05, 0) is 50.8 Å². The molecule has 242 valence electrons. The van der Waals surface area contributed by atoms with Gasteiger partial charge in [-0.2, -0.15) is 0 Å². The van der Waals surface area contributed by atoms with Crippen LogP contribution in [0.5, 0.6) is 0 Å². The van der Waals surface area contributed by atoms with Crippen molar-refractivity contribution in [1.82, 2.24) is 9.47 Å². The molecule has 1 aromatic heterocycles. The standard InChI is InChI=1S/C35H44N2O8/c1-7-26(31(38)43-8-2)35(33(40)44-9-3,34(41)45-10-4)21-29-30-25(24-18-14-15-19-27(24)36(30)5)20-28(32(39)42-6)37(29)22-23-16-12-11-13-17-23/h11-19,26,28-29H,7-10,20-22H2,1-6H3. The van der Waals surface area contributed by atoms with Crippen LogP contribution in [0.1, 0.15) is 63.4 Å². The van der Waals surface area contributed by atoms with Gasteiger partial charge in [0.25, 0.3) is 0 Å². The van der Waals surface area contributed by atoms with Gasteiger partial charge >= 0.3 is 23.9 Å². The second-order valence-electron chi connectivity index (χ2n) is 11.2. The molecule has 45 heavy (non-hydrogen) atoms. The second kappa shape index (κ2) is 14.7. The Bertz CT molecular complexity index is 1500. The molecule has 0 spiro atoms. The minimum Gasteiger partial charge on any atom is -0.468 e. The Balaban J connectivity index is 2.05. The van der Waals surface area contributed by atoms with E-state index in [0.29, 0.717) is 13.0 Å². The van der Waals surface area contributed by atoms with Crippen LogP contribution in [0.15, 0.2) is 54.6 Å². The molecule has 0 aliphatic carbocycles. The van der Waals surface area contributed by atoms with Crippen molar-refractivity contribution in [2.75, 3.05) is 26.9 Å². The van der Waals surface area contributed by atoms with E-state index in [1.165, 1.54) is 7.11 Å². The highest BCUT2D eigenvalue weighted by Crippen LogP contribution is 2.49. The first-order valence-corrected chi connectivity index (χ1v) is 15.6. The molecule has 0 saturated carbocycles. The van der Waals surface area contributed by atoms with Crippen LogP contribution in [-0.4, -0.2) is 66.3 Å². The summed E-state index contributed by atoms with van der Waals surface area (Å²) in [4.78, 5) is 57.6. The molecule has 3 atom stereocenters. The number of ether oxygens (including phenoxy) is 4. The summed E-state index contributed by atoms with van der Waals surface area (Å²) >= 11 is 0. The van der Waals surface area contributed by atoms with Crippen molar-refractivity contribution in [3.8, 4) is 0 Å². The van der Waals surface area contributed by atoms with Crippen molar-refractivity contribution in [3.63, 3.8) is 0 Å². The van der Waals surface area contributed by atoms with E-state index in [-0.39, 0.29) is 32.7 Å². The maximum atomic E-state index is 14.2. The molecule has 0 N–H and O–H groups in total. The van der Waals surface area contributed by atoms with Gasteiger partial charge in [0.05, 0.1) is 38.9 Å². The first-order chi connectivity index (χ1) is 21.7. The van der Waals surface area contributed by atoms with E-state index in [1.807, 2.05) is 71.1 Å². The normalized spacial score (nSPS) is 17.3. The van der Waals surface area contributed by atoms with Crippen LogP contribution in [0.4, 0.5) is 0 Å². The topological polar surface area (TPSA) is 113 Å². The lowest BCUT2D eigenvalue weighted by Gasteiger charge is -2.45. The number of hydrogen-bond acceptors (Lipinski definition) is 9. The fraction of sp³-hybridized carbons (Fsp3) is 0.486. The van der Waals surface area contributed by atoms with E-state index in [2.05, 4.69) is 0 Å². The number of carbonyl (C=O) groups is 4. The Hall–Kier alpha value is -4.18. The largest absolute Gasteiger partial charge is 0.468 e. The number of aromatic nitrogens is 1. The number of hydrogen-bond donors (Lipinski definition) is 0. The lowest BCUT2D eigenvalue weighted by atomic mass is 9.68. The molecular formula is C35H44N2O8. The van der Waals surface area contributed by atoms with Gasteiger partial charge in [0.15, 0.2) is 5.41 Å². The van der Waals surface area contributed by atoms with E-state index in [1.54, 1.807) is 27.7 Å². The molecule has 3 unspecified atom stereocenters. The van der Waals surface area contributed by atoms with Crippen LogP contribution in [0.2, 0.25) is 0 Å². The molecule has 2 aromatic carbocycles. The Morgan fingerprint density at radius 1 is 0.867 bits per heavy atom. The van der Waals surface area contributed by atoms with E-state index in [9.17, 15) is 19.2 Å². The summed E-state index contributed by atoms with van der Waals surface area (Å²) in [6.45, 7) is 7.06. The van der Waals surface area contributed by atoms with Crippen LogP contribution >= 0.6 is 0 Å². The Morgan fingerprint density at radius 3 is 2.04 bits per heavy atom. The number of rotatable bonds is 13. The summed E-state index contributed by atoms with van der Waals surface area (Å²) in [6.07, 6.45) is 0.275. The number of benzene rings is 2. The zero-order valence-corrected chi connectivity index (χ0v) is 27.0. The number of carbonyl (C=O) groups excluding carboxylic acids is 4. The average Bonchev–Trinajstić information content (AvgIpc) is 3.33. The van der Waals surface area contributed by atoms with Crippen molar-refractivity contribution >= 4 is 34.8 Å². The van der Waals surface area contributed by atoms with Gasteiger partial charge in [-0.15, -0.1) is 0 Å². The average molecular weight is 621 g/mol. The number of para-hydroxylation sites is 1. The molecule has 0 amide bonds. The highest BCUT2D eigenvalue weighted by atomic mass is 16.6. The van der Waals surface area contributed by atoms with Crippen LogP contribution in [-0.2, 0) is 58.1 Å². The van der Waals surface area contributed by atoms with Gasteiger partial charge in [-0.25, -0.2) is 0 Å². The van der Waals surface area contributed by atoms with Crippen LogP contribution in [0.3, 0.4) is 0 Å². The van der Waals surface area contributed by atoms with Crippen LogP contribution in [0, 0.1) is 11.3 Å². The van der Waals surface area contributed by atoms with Crippen molar-refractivity contribution in [3.05, 3.63) is 71.4 Å². The summed E-state index contributed by atoms with van der Waals surface area (Å²) in [5, 5.41) is 0.962. The summed E-state index contributed by atoms with van der Waals surface area (Å²) in [6, 6.07) is 16.1. The first-order valence-electron chi connectivity index (χ1n) is 15.6. The molecule has 0 radical (unpaired) electrons. The summed E-state index contributed by atoms with van der Waals surface area (Å²) in [5.74, 6) is -4.05. The number of esters is 4. The van der Waals surface area contributed by atoms with Crippen molar-refractivity contribution in [2.45, 2.75) is 65.6 Å². The summed E-state index contributed by atoms with van der Waals surface area (Å²) < 4.78 is 24.0. The van der Waals surface area contributed by atoms with E-state index >= 15 is 0 Å². The van der Waals surface area contributed by atoms with Crippen molar-refractivity contribution in [1.29, 1.82) is 0 Å². The number of methoxy groups -OCH3 is 1. The van der Waals surface area contributed by atoms with Crippen LogP contribution in [0.25, 0.3) is 10.9 Å². The Morgan fingerprint density at radius 2 is 1.47 bits per heavy atom. The number of nitrogens with zero attached hydrogens (tertiary/aromatic N) is 2. The smallest absolute Gasteiger partial charge is 0.324 e. The third-order valence-electron chi connectivity index (χ3n) is 8.82. The van der Waals surface area contributed by atoms with Gasteiger partial charge in [0, 0.05) is 36.6 Å². The first kappa shape index (κ1) is 33.7. The fourth-order valence-corrected chi connectivity index (χ4v) is 6.86. The minimum atomic E-state index is -2.07. The van der Waals surface area contributed by atoms with E-state index in [4.69, 9.17) is 18.9 Å². The Kier molecular flexibility index (Phi) is 11.0. The summed E-state index contributed by atoms with van der Waals surface area (Å²) in [5.41, 5.74) is 1.55. The van der Waals surface area contributed by atoms with Gasteiger partial charge in [0.1, 0.15) is 6.04 Å². The molecule has 2 heterocycles. The van der Waals surface area contributed by atoms with Crippen molar-refractivity contribution in [2.24, 2.45) is 18.4 Å². The maximum absolute atomic E-state index is 14.2. The van der Waals surface area contributed by atoms with E-state index < -0.39 is 47.3 Å². The lowest BCUT2D eigenvalue weighted by Crippen LogP contribution is -2.55. The molecule has 4 rings (SSSR count). The molecular weight excluding hydrogens is 576 g/mol. The molecule has 1 aliphatic rings. The monoisotopic (exact) mass is 620 g/mol. The minimum absolute atomic E-state index is 0.0122. The highest BCUT2D eigenvalue weighted by molar-refractivity contribution is 6.04. The molecule has 1 aliphatic heterocycles. The van der Waals surface area contributed by atoms with Gasteiger partial charge in [-0.3, -0.25) is 24.1 Å². The quantitative estimate of drug-likeness (QED) is 0.149. The zero-order chi connectivity index (χ0) is 32.7. The lowest BCUT2D eigenvalue weighted by molar-refractivity contribution is -0.186. The fourth-order valence-electron chi connectivity index (χ4n) is 6.86. The molecule has 0 saturated heterocycles. The predicted octanol–water partition coefficient (Wildman–Crippen LogP) is 4.91. The third kappa shape index (κ3) is 6.33. The maximum Gasteiger partial charge on any atom is 0.324 e. The highest BCUT2D eigenvalue weighted by Gasteiger charge is 2.60. The molecule has 10 heteroatoms. The second-order valence-corrected chi connectivity index (χ2v) is 11.2. The third-order valence-corrected chi connectivity index (χ3v) is 8.82. The summed E-state index contributed by atoms with van der Waals surface area (Å²) in [7, 11) is 3.29. The van der Waals surface area contributed by atoms with Gasteiger partial charge in [-0.1, -0.05) is 55.5 Å². The molecule has 3 aromatic rings. The van der Waals surface area contributed by atoms with Gasteiger partial charge in [0.2, 0.25) is 0 Å². The molecule has 0 fully saturated rings. The zero-order valence-electron chi connectivity index (χ0n) is 27.0. The SMILES string of the molecule is CCOC(=O)C(CC)C(CC1c2c(c3ccccc3n2C)CC(C(=O)OC)N1Cc1ccccc1)(C(=O)OCC)C(=O)OCC. The predicted molar refractivity (Wildman–Crippen MR) is 168 cm³/mol. The number of aryl methyl sites for hydroxylation is 1. The van der Waals surface area contributed by atoms with Crippen LogP contribution < -0.4 is 0 Å². The molecule has 10 nitrogen and oxygen atoms in total. The van der Waals surface area contributed by atoms with Gasteiger partial charge < -0.3 is 23.5 Å². The Labute approximate surface area is 264 Å². The number of fused-ring (bicyclic) bond motifs is 3. The van der Waals surface area contributed by atoms with E-state index in [0.717, 1.165) is 27.7 Å². The molecule has 0 bridgehead atoms. The van der Waals surface area contributed by atoms with Crippen molar-refractivity contribution < 1.29 is 38.1 Å².